The van der Waals surface area contributed by atoms with Gasteiger partial charge in [-0.2, -0.15) is 0 Å². The first-order valence-corrected chi connectivity index (χ1v) is 4.81. The maximum Gasteiger partial charge on any atom is 0.282 e. The van der Waals surface area contributed by atoms with E-state index in [1.165, 1.54) is 6.92 Å². The van der Waals surface area contributed by atoms with Gasteiger partial charge in [-0.1, -0.05) is 0 Å². The van der Waals surface area contributed by atoms with Gasteiger partial charge in [0.05, 0.1) is 11.5 Å². The molecular formula is C10H11FN2O4. The van der Waals surface area contributed by atoms with Gasteiger partial charge in [-0.3, -0.25) is 14.9 Å². The Kier molecular flexibility index (Phi) is 4.11. The van der Waals surface area contributed by atoms with Crippen LogP contribution in [0, 0.1) is 15.9 Å². The topological polar surface area (TPSA) is 92.5 Å². The van der Waals surface area contributed by atoms with Crippen LogP contribution in [0.4, 0.5) is 10.1 Å². The minimum Gasteiger partial charge on any atom is -0.394 e. The zero-order valence-electron chi connectivity index (χ0n) is 9.01. The predicted molar refractivity (Wildman–Crippen MR) is 57.1 cm³/mol. The van der Waals surface area contributed by atoms with Gasteiger partial charge >= 0.3 is 0 Å². The van der Waals surface area contributed by atoms with Crippen LogP contribution in [0.15, 0.2) is 18.2 Å². The molecule has 0 spiro atoms. The Morgan fingerprint density at radius 3 is 2.82 bits per heavy atom. The van der Waals surface area contributed by atoms with Gasteiger partial charge in [0, 0.05) is 12.1 Å². The average molecular weight is 242 g/mol. The fourth-order valence-corrected chi connectivity index (χ4v) is 1.20. The Labute approximate surface area is 96.2 Å². The van der Waals surface area contributed by atoms with E-state index in [1.807, 2.05) is 0 Å². The van der Waals surface area contributed by atoms with E-state index in [-0.39, 0.29) is 12.2 Å². The summed E-state index contributed by atoms with van der Waals surface area (Å²) in [6.45, 7) is 1.21. The number of amides is 1. The summed E-state index contributed by atoms with van der Waals surface area (Å²) in [5.41, 5.74) is -0.843. The van der Waals surface area contributed by atoms with Gasteiger partial charge < -0.3 is 10.4 Å². The number of rotatable bonds is 4. The molecule has 7 heteroatoms. The Bertz CT molecular complexity index is 450. The lowest BCUT2D eigenvalue weighted by Gasteiger charge is -2.10. The van der Waals surface area contributed by atoms with Gasteiger partial charge in [0.2, 0.25) is 0 Å². The van der Waals surface area contributed by atoms with Crippen LogP contribution in [0.1, 0.15) is 17.3 Å². The quantitative estimate of drug-likeness (QED) is 0.604. The number of nitro benzene ring substituents is 1. The third kappa shape index (κ3) is 3.22. The number of nitrogens with zero attached hydrogens (tertiary/aromatic N) is 1. The van der Waals surface area contributed by atoms with E-state index in [2.05, 4.69) is 5.32 Å². The molecule has 0 aliphatic heterocycles. The highest BCUT2D eigenvalue weighted by atomic mass is 19.1. The molecule has 1 unspecified atom stereocenters. The van der Waals surface area contributed by atoms with Crippen molar-refractivity contribution in [2.45, 2.75) is 13.0 Å². The standard InChI is InChI=1S/C10H11FN2O4/c1-6(5-14)12-10(15)8-4-7(11)2-3-9(8)13(16)17/h2-4,6,14H,5H2,1H3,(H,12,15). The maximum atomic E-state index is 12.9. The van der Waals surface area contributed by atoms with Crippen molar-refractivity contribution in [2.24, 2.45) is 0 Å². The molecule has 1 amide bonds. The van der Waals surface area contributed by atoms with E-state index in [1.54, 1.807) is 0 Å². The first-order valence-electron chi connectivity index (χ1n) is 4.81. The number of halogens is 1. The van der Waals surface area contributed by atoms with Crippen molar-refractivity contribution in [3.05, 3.63) is 39.7 Å². The summed E-state index contributed by atoms with van der Waals surface area (Å²) < 4.78 is 12.9. The molecule has 0 bridgehead atoms. The Balaban J connectivity index is 3.06. The van der Waals surface area contributed by atoms with Gasteiger partial charge in [-0.25, -0.2) is 4.39 Å². The summed E-state index contributed by atoms with van der Waals surface area (Å²) in [6, 6.07) is 2.06. The Morgan fingerprint density at radius 1 is 1.65 bits per heavy atom. The smallest absolute Gasteiger partial charge is 0.282 e. The normalized spacial score (nSPS) is 11.9. The van der Waals surface area contributed by atoms with Crippen LogP contribution in [-0.2, 0) is 0 Å². The summed E-state index contributed by atoms with van der Waals surface area (Å²) in [5, 5.41) is 21.7. The van der Waals surface area contributed by atoms with Crippen LogP contribution in [0.25, 0.3) is 0 Å². The highest BCUT2D eigenvalue weighted by Crippen LogP contribution is 2.19. The number of hydrogen-bond acceptors (Lipinski definition) is 4. The highest BCUT2D eigenvalue weighted by Gasteiger charge is 2.21. The molecule has 1 aromatic carbocycles. The predicted octanol–water partition coefficient (Wildman–Crippen LogP) is 0.845. The van der Waals surface area contributed by atoms with E-state index in [9.17, 15) is 19.3 Å². The molecule has 0 saturated heterocycles. The maximum absolute atomic E-state index is 12.9. The van der Waals surface area contributed by atoms with Gasteiger partial charge in [-0.15, -0.1) is 0 Å². The number of aliphatic hydroxyl groups is 1. The lowest BCUT2D eigenvalue weighted by molar-refractivity contribution is -0.385. The zero-order valence-corrected chi connectivity index (χ0v) is 9.01. The van der Waals surface area contributed by atoms with Crippen molar-refractivity contribution in [1.29, 1.82) is 0 Å². The molecule has 0 aliphatic carbocycles. The third-order valence-corrected chi connectivity index (χ3v) is 2.05. The zero-order chi connectivity index (χ0) is 13.0. The lowest BCUT2D eigenvalue weighted by atomic mass is 10.1. The number of carbonyl (C=O) groups excluding carboxylic acids is 1. The SMILES string of the molecule is CC(CO)NC(=O)c1cc(F)ccc1[N+](=O)[O-]. The summed E-state index contributed by atoms with van der Waals surface area (Å²) >= 11 is 0. The molecule has 17 heavy (non-hydrogen) atoms. The van der Waals surface area contributed by atoms with Crippen LogP contribution >= 0.6 is 0 Å². The van der Waals surface area contributed by atoms with Crippen LogP contribution in [0.5, 0.6) is 0 Å². The fourth-order valence-electron chi connectivity index (χ4n) is 1.20. The van der Waals surface area contributed by atoms with Crippen molar-refractivity contribution in [3.8, 4) is 0 Å². The number of carbonyl (C=O) groups is 1. The third-order valence-electron chi connectivity index (χ3n) is 2.05. The summed E-state index contributed by atoms with van der Waals surface area (Å²) in [4.78, 5) is 21.5. The number of nitro groups is 1. The Hall–Kier alpha value is -2.02. The molecule has 6 nitrogen and oxygen atoms in total. The monoisotopic (exact) mass is 242 g/mol. The van der Waals surface area contributed by atoms with Crippen molar-refractivity contribution in [1.82, 2.24) is 5.32 Å². The van der Waals surface area contributed by atoms with Crippen molar-refractivity contribution in [3.63, 3.8) is 0 Å². The molecule has 0 saturated carbocycles. The molecule has 0 fully saturated rings. The molecule has 92 valence electrons. The first-order chi connectivity index (χ1) is 7.95. The molecule has 0 aliphatic rings. The van der Waals surface area contributed by atoms with E-state index in [4.69, 9.17) is 5.11 Å². The summed E-state index contributed by atoms with van der Waals surface area (Å²) in [5.74, 6) is -1.53. The van der Waals surface area contributed by atoms with Gasteiger partial charge in [0.1, 0.15) is 11.4 Å². The van der Waals surface area contributed by atoms with E-state index >= 15 is 0 Å². The second-order valence-electron chi connectivity index (χ2n) is 3.48. The minimum atomic E-state index is -0.794. The molecule has 1 rings (SSSR count). The van der Waals surface area contributed by atoms with Gasteiger partial charge in [-0.05, 0) is 19.1 Å². The highest BCUT2D eigenvalue weighted by molar-refractivity contribution is 5.98. The molecule has 0 heterocycles. The van der Waals surface area contributed by atoms with Crippen LogP contribution in [0.2, 0.25) is 0 Å². The van der Waals surface area contributed by atoms with Crippen LogP contribution in [0.3, 0.4) is 0 Å². The second kappa shape index (κ2) is 5.35. The molecular weight excluding hydrogens is 231 g/mol. The van der Waals surface area contributed by atoms with Crippen molar-refractivity contribution in [2.75, 3.05) is 6.61 Å². The molecule has 0 aromatic heterocycles. The number of aliphatic hydroxyl groups excluding tert-OH is 1. The molecule has 1 aromatic rings. The van der Waals surface area contributed by atoms with Crippen molar-refractivity contribution < 1.29 is 19.2 Å². The number of hydrogen-bond donors (Lipinski definition) is 2. The van der Waals surface area contributed by atoms with Crippen LogP contribution in [-0.4, -0.2) is 28.6 Å². The van der Waals surface area contributed by atoms with Crippen LogP contribution < -0.4 is 5.32 Å². The Morgan fingerprint density at radius 2 is 2.29 bits per heavy atom. The van der Waals surface area contributed by atoms with Gasteiger partial charge in [0.15, 0.2) is 0 Å². The fraction of sp³-hybridized carbons (Fsp3) is 0.300. The summed E-state index contributed by atoms with van der Waals surface area (Å²) in [7, 11) is 0. The average Bonchev–Trinajstić information content (AvgIpc) is 2.28. The van der Waals surface area contributed by atoms with E-state index < -0.39 is 28.4 Å². The first kappa shape index (κ1) is 13.0. The largest absolute Gasteiger partial charge is 0.394 e. The second-order valence-corrected chi connectivity index (χ2v) is 3.48. The number of benzene rings is 1. The van der Waals surface area contributed by atoms with E-state index in [0.717, 1.165) is 18.2 Å². The number of nitrogens with one attached hydrogen (secondary N) is 1. The van der Waals surface area contributed by atoms with Crippen molar-refractivity contribution >= 4 is 11.6 Å². The molecule has 1 atom stereocenters. The molecule has 0 radical (unpaired) electrons. The van der Waals surface area contributed by atoms with E-state index in [0.29, 0.717) is 0 Å². The van der Waals surface area contributed by atoms with Gasteiger partial charge in [0.25, 0.3) is 11.6 Å². The molecule has 2 N–H and O–H groups in total. The lowest BCUT2D eigenvalue weighted by Crippen LogP contribution is -2.35. The summed E-state index contributed by atoms with van der Waals surface area (Å²) in [6.07, 6.45) is 0. The minimum absolute atomic E-state index is 0.311.